The summed E-state index contributed by atoms with van der Waals surface area (Å²) < 4.78 is 0. The fraction of sp³-hybridized carbons (Fsp3) is 0.235. The molecule has 3 N–H and O–H groups in total. The molecule has 0 heterocycles. The summed E-state index contributed by atoms with van der Waals surface area (Å²) in [5.74, 6) is -0.913. The summed E-state index contributed by atoms with van der Waals surface area (Å²) in [6.07, 6.45) is 0.579. The number of benzene rings is 2. The summed E-state index contributed by atoms with van der Waals surface area (Å²) in [5, 5.41) is 9.95. The van der Waals surface area contributed by atoms with Crippen LogP contribution in [-0.2, 0) is 10.2 Å². The largest absolute Gasteiger partial charge is 0.480 e. The lowest BCUT2D eigenvalue weighted by molar-refractivity contribution is -0.143. The van der Waals surface area contributed by atoms with E-state index in [-0.39, 0.29) is 0 Å². The van der Waals surface area contributed by atoms with Crippen molar-refractivity contribution >= 4 is 5.97 Å². The molecule has 0 bridgehead atoms. The molecule has 0 aliphatic carbocycles. The van der Waals surface area contributed by atoms with Crippen molar-refractivity contribution in [2.75, 3.05) is 0 Å². The van der Waals surface area contributed by atoms with Crippen molar-refractivity contribution in [3.63, 3.8) is 0 Å². The smallest absolute Gasteiger partial charge is 0.320 e. The van der Waals surface area contributed by atoms with Crippen LogP contribution in [0, 0.1) is 0 Å². The number of carbonyl (C=O) groups is 1. The molecule has 0 amide bonds. The summed E-state index contributed by atoms with van der Waals surface area (Å²) in [6.45, 7) is 1.91. The maximum absolute atomic E-state index is 12.1. The van der Waals surface area contributed by atoms with Gasteiger partial charge in [0.2, 0.25) is 0 Å². The van der Waals surface area contributed by atoms with Crippen molar-refractivity contribution in [3.05, 3.63) is 71.8 Å². The van der Waals surface area contributed by atoms with Crippen molar-refractivity contribution in [3.8, 4) is 0 Å². The number of hydrogen-bond acceptors (Lipinski definition) is 2. The van der Waals surface area contributed by atoms with Gasteiger partial charge in [0.15, 0.2) is 0 Å². The van der Waals surface area contributed by atoms with Gasteiger partial charge in [-0.2, -0.15) is 0 Å². The molecule has 1 unspecified atom stereocenters. The molecule has 0 saturated heterocycles. The molecular weight excluding hydrogens is 250 g/mol. The first-order valence-corrected chi connectivity index (χ1v) is 6.74. The zero-order chi connectivity index (χ0) is 14.6. The predicted molar refractivity (Wildman–Crippen MR) is 79.6 cm³/mol. The van der Waals surface area contributed by atoms with E-state index in [2.05, 4.69) is 0 Å². The minimum absolute atomic E-state index is 0.496. The molecule has 2 aromatic carbocycles. The SMILES string of the molecule is CCC(N)C(C(=O)O)(c1ccccc1)c1ccccc1. The van der Waals surface area contributed by atoms with Gasteiger partial charge in [-0.3, -0.25) is 4.79 Å². The van der Waals surface area contributed by atoms with E-state index in [0.717, 1.165) is 0 Å². The highest BCUT2D eigenvalue weighted by Crippen LogP contribution is 2.36. The Balaban J connectivity index is 2.73. The lowest BCUT2D eigenvalue weighted by Crippen LogP contribution is -2.52. The average Bonchev–Trinajstić information content (AvgIpc) is 2.49. The van der Waals surface area contributed by atoms with Crippen molar-refractivity contribution in [2.24, 2.45) is 5.73 Å². The van der Waals surface area contributed by atoms with Crippen LogP contribution in [0.15, 0.2) is 60.7 Å². The van der Waals surface area contributed by atoms with Crippen LogP contribution >= 0.6 is 0 Å². The molecule has 0 aliphatic heterocycles. The highest BCUT2D eigenvalue weighted by Gasteiger charge is 2.46. The van der Waals surface area contributed by atoms with E-state index in [1.165, 1.54) is 0 Å². The van der Waals surface area contributed by atoms with Crippen LogP contribution in [0.2, 0.25) is 0 Å². The third-order valence-electron chi connectivity index (χ3n) is 3.79. The maximum atomic E-state index is 12.1. The van der Waals surface area contributed by atoms with Gasteiger partial charge in [0, 0.05) is 6.04 Å². The van der Waals surface area contributed by atoms with Gasteiger partial charge in [-0.15, -0.1) is 0 Å². The average molecular weight is 269 g/mol. The molecule has 0 fully saturated rings. The standard InChI is InChI=1S/C17H19NO2/c1-2-15(18)17(16(19)20,13-9-5-3-6-10-13)14-11-7-4-8-12-14/h3-12,15H,2,18H2,1H3,(H,19,20). The first-order chi connectivity index (χ1) is 9.64. The van der Waals surface area contributed by atoms with Crippen LogP contribution in [0.3, 0.4) is 0 Å². The lowest BCUT2D eigenvalue weighted by Gasteiger charge is -2.35. The van der Waals surface area contributed by atoms with E-state index < -0.39 is 17.4 Å². The molecule has 20 heavy (non-hydrogen) atoms. The van der Waals surface area contributed by atoms with Crippen molar-refractivity contribution in [2.45, 2.75) is 24.8 Å². The highest BCUT2D eigenvalue weighted by molar-refractivity contribution is 5.87. The van der Waals surface area contributed by atoms with Gasteiger partial charge < -0.3 is 10.8 Å². The van der Waals surface area contributed by atoms with E-state index in [4.69, 9.17) is 5.73 Å². The van der Waals surface area contributed by atoms with Gasteiger partial charge >= 0.3 is 5.97 Å². The Hall–Kier alpha value is -2.13. The lowest BCUT2D eigenvalue weighted by atomic mass is 9.68. The first kappa shape index (κ1) is 14.3. The van der Waals surface area contributed by atoms with Gasteiger partial charge in [0.25, 0.3) is 0 Å². The van der Waals surface area contributed by atoms with Crippen LogP contribution < -0.4 is 5.73 Å². The number of hydrogen-bond donors (Lipinski definition) is 2. The molecule has 0 radical (unpaired) electrons. The van der Waals surface area contributed by atoms with Crippen molar-refractivity contribution < 1.29 is 9.90 Å². The van der Waals surface area contributed by atoms with Crippen molar-refractivity contribution in [1.29, 1.82) is 0 Å². The normalized spacial score (nSPS) is 12.9. The molecule has 2 rings (SSSR count). The number of aliphatic carboxylic acids is 1. The Morgan fingerprint density at radius 1 is 1.05 bits per heavy atom. The summed E-state index contributed by atoms with van der Waals surface area (Å²) >= 11 is 0. The topological polar surface area (TPSA) is 63.3 Å². The predicted octanol–water partition coefficient (Wildman–Crippen LogP) is 2.79. The number of carboxylic acids is 1. The number of carboxylic acid groups (broad SMARTS) is 1. The molecule has 0 saturated carbocycles. The van der Waals surface area contributed by atoms with Crippen LogP contribution in [0.1, 0.15) is 24.5 Å². The molecule has 2 aromatic rings. The summed E-state index contributed by atoms with van der Waals surface area (Å²) in [4.78, 5) is 12.1. The van der Waals surface area contributed by atoms with Crippen LogP contribution in [-0.4, -0.2) is 17.1 Å². The van der Waals surface area contributed by atoms with E-state index in [0.29, 0.717) is 17.5 Å². The van der Waals surface area contributed by atoms with E-state index in [1.807, 2.05) is 67.6 Å². The van der Waals surface area contributed by atoms with Crippen LogP contribution in [0.4, 0.5) is 0 Å². The Morgan fingerprint density at radius 2 is 1.45 bits per heavy atom. The second-order valence-corrected chi connectivity index (χ2v) is 4.86. The highest BCUT2D eigenvalue weighted by atomic mass is 16.4. The second kappa shape index (κ2) is 5.88. The maximum Gasteiger partial charge on any atom is 0.320 e. The van der Waals surface area contributed by atoms with Crippen LogP contribution in [0.5, 0.6) is 0 Å². The van der Waals surface area contributed by atoms with Crippen LogP contribution in [0.25, 0.3) is 0 Å². The molecule has 0 aliphatic rings. The van der Waals surface area contributed by atoms with Gasteiger partial charge in [0.05, 0.1) is 0 Å². The first-order valence-electron chi connectivity index (χ1n) is 6.74. The molecule has 3 heteroatoms. The number of nitrogens with two attached hydrogens (primary N) is 1. The Bertz CT molecular complexity index is 527. The molecule has 0 aromatic heterocycles. The van der Waals surface area contributed by atoms with E-state index >= 15 is 0 Å². The third kappa shape index (κ3) is 2.21. The molecule has 1 atom stereocenters. The minimum atomic E-state index is -1.21. The van der Waals surface area contributed by atoms with E-state index in [1.54, 1.807) is 0 Å². The zero-order valence-electron chi connectivity index (χ0n) is 11.5. The van der Waals surface area contributed by atoms with E-state index in [9.17, 15) is 9.90 Å². The third-order valence-corrected chi connectivity index (χ3v) is 3.79. The molecule has 0 spiro atoms. The Morgan fingerprint density at radius 3 is 1.75 bits per heavy atom. The van der Waals surface area contributed by atoms with Gasteiger partial charge in [-0.1, -0.05) is 67.6 Å². The minimum Gasteiger partial charge on any atom is -0.480 e. The fourth-order valence-electron chi connectivity index (χ4n) is 2.71. The zero-order valence-corrected chi connectivity index (χ0v) is 11.5. The van der Waals surface area contributed by atoms with Gasteiger partial charge in [-0.25, -0.2) is 0 Å². The summed E-state index contributed by atoms with van der Waals surface area (Å²) in [7, 11) is 0. The molecule has 3 nitrogen and oxygen atoms in total. The second-order valence-electron chi connectivity index (χ2n) is 4.86. The number of rotatable bonds is 5. The Labute approximate surface area is 119 Å². The van der Waals surface area contributed by atoms with Crippen molar-refractivity contribution in [1.82, 2.24) is 0 Å². The fourth-order valence-corrected chi connectivity index (χ4v) is 2.71. The Kier molecular flexibility index (Phi) is 4.20. The molecule has 104 valence electrons. The van der Waals surface area contributed by atoms with Gasteiger partial charge in [-0.05, 0) is 17.5 Å². The summed E-state index contributed by atoms with van der Waals surface area (Å²) in [6, 6.07) is 18.0. The quantitative estimate of drug-likeness (QED) is 0.877. The monoisotopic (exact) mass is 269 g/mol. The summed E-state index contributed by atoms with van der Waals surface area (Å²) in [5.41, 5.74) is 6.46. The van der Waals surface area contributed by atoms with Gasteiger partial charge in [0.1, 0.15) is 5.41 Å². The molecular formula is C17H19NO2.